The number of alkyl halides is 6. The lowest BCUT2D eigenvalue weighted by Gasteiger charge is -2.17. The van der Waals surface area contributed by atoms with Gasteiger partial charge in [-0.25, -0.2) is 17.8 Å². The molecule has 4 rings (SSSR count). The van der Waals surface area contributed by atoms with Gasteiger partial charge in [-0.05, 0) is 55.8 Å². The van der Waals surface area contributed by atoms with E-state index in [0.29, 0.717) is 13.1 Å². The second-order valence-electron chi connectivity index (χ2n) is 8.46. The fourth-order valence-electron chi connectivity index (χ4n) is 3.74. The maximum absolute atomic E-state index is 14.4. The molecule has 1 N–H and O–H groups in total. The largest absolute Gasteiger partial charge is 0.417 e. The van der Waals surface area contributed by atoms with Gasteiger partial charge in [0.25, 0.3) is 0 Å². The molecule has 0 spiro atoms. The van der Waals surface area contributed by atoms with Crippen molar-refractivity contribution in [1.82, 2.24) is 19.3 Å². The van der Waals surface area contributed by atoms with E-state index >= 15 is 0 Å². The predicted octanol–water partition coefficient (Wildman–Crippen LogP) is 5.65. The lowest BCUT2D eigenvalue weighted by atomic mass is 10.1. The first kappa shape index (κ1) is 28.0. The van der Waals surface area contributed by atoms with Gasteiger partial charge in [0.1, 0.15) is 28.6 Å². The maximum Gasteiger partial charge on any atom is 0.417 e. The number of hydrogen-bond acceptors (Lipinski definition) is 5. The molecule has 0 aliphatic carbocycles. The summed E-state index contributed by atoms with van der Waals surface area (Å²) in [7, 11) is -4.65. The zero-order valence-electron chi connectivity index (χ0n) is 19.9. The van der Waals surface area contributed by atoms with E-state index in [2.05, 4.69) is 9.97 Å². The van der Waals surface area contributed by atoms with Crippen molar-refractivity contribution in [1.29, 1.82) is 5.26 Å². The Bertz CT molecular complexity index is 1700. The Morgan fingerprint density at radius 3 is 2.23 bits per heavy atom. The van der Waals surface area contributed by atoms with Crippen LogP contribution in [0.3, 0.4) is 0 Å². The molecular formula is C24H16F7N5O2S. The Kier molecular flexibility index (Phi) is 6.90. The molecule has 0 saturated heterocycles. The average Bonchev–Trinajstić information content (AvgIpc) is 3.16. The number of hydrogen-bond donors (Lipinski definition) is 1. The summed E-state index contributed by atoms with van der Waals surface area (Å²) in [6.07, 6.45) is -8.18. The summed E-state index contributed by atoms with van der Waals surface area (Å²) in [6, 6.07) is 5.78. The zero-order chi connectivity index (χ0) is 28.9. The maximum atomic E-state index is 14.4. The van der Waals surface area contributed by atoms with Crippen LogP contribution in [0.15, 0.2) is 53.7 Å². The van der Waals surface area contributed by atoms with E-state index in [9.17, 15) is 44.4 Å². The fourth-order valence-corrected chi connectivity index (χ4v) is 4.91. The molecule has 204 valence electrons. The summed E-state index contributed by atoms with van der Waals surface area (Å²) in [6.45, 7) is 2.06. The van der Waals surface area contributed by atoms with Gasteiger partial charge in [0.15, 0.2) is 0 Å². The van der Waals surface area contributed by atoms with Gasteiger partial charge in [-0.3, -0.25) is 9.55 Å². The van der Waals surface area contributed by atoms with Crippen LogP contribution in [0.1, 0.15) is 23.6 Å². The van der Waals surface area contributed by atoms with Crippen LogP contribution in [0.25, 0.3) is 28.1 Å². The molecule has 0 saturated carbocycles. The van der Waals surface area contributed by atoms with E-state index in [-0.39, 0.29) is 39.2 Å². The van der Waals surface area contributed by atoms with Crippen LogP contribution in [-0.4, -0.2) is 35.2 Å². The monoisotopic (exact) mass is 571 g/mol. The van der Waals surface area contributed by atoms with Gasteiger partial charge in [0.2, 0.25) is 10.0 Å². The highest BCUT2D eigenvalue weighted by atomic mass is 32.2. The number of nitrogens with one attached hydrogen (secondary N) is 1. The number of rotatable bonds is 5. The van der Waals surface area contributed by atoms with Crippen LogP contribution in [0, 0.1) is 24.1 Å². The van der Waals surface area contributed by atoms with Gasteiger partial charge >= 0.3 is 12.4 Å². The molecule has 0 radical (unpaired) electrons. The predicted molar refractivity (Wildman–Crippen MR) is 125 cm³/mol. The SMILES string of the molecule is Cc1cc2c(cc1F)c(C#N)c(-c1ccc(S(=O)(=O)N[C@@H](C)C(F)(F)F)cn1)n2-c1ccc(C(F)(F)F)cn1. The molecule has 0 bridgehead atoms. The van der Waals surface area contributed by atoms with E-state index in [1.54, 1.807) is 0 Å². The molecule has 0 aliphatic rings. The highest BCUT2D eigenvalue weighted by Crippen LogP contribution is 2.37. The highest BCUT2D eigenvalue weighted by molar-refractivity contribution is 7.89. The van der Waals surface area contributed by atoms with Crippen molar-refractivity contribution in [2.45, 2.75) is 37.1 Å². The minimum atomic E-state index is -4.84. The van der Waals surface area contributed by atoms with Gasteiger partial charge in [-0.2, -0.15) is 36.3 Å². The van der Waals surface area contributed by atoms with Crippen LogP contribution >= 0.6 is 0 Å². The van der Waals surface area contributed by atoms with Crippen molar-refractivity contribution in [2.75, 3.05) is 0 Å². The second kappa shape index (κ2) is 9.62. The lowest BCUT2D eigenvalue weighted by molar-refractivity contribution is -0.147. The number of nitrogens with zero attached hydrogens (tertiary/aromatic N) is 4. The molecule has 4 aromatic rings. The average molecular weight is 571 g/mol. The Morgan fingerprint density at radius 2 is 1.72 bits per heavy atom. The molecule has 39 heavy (non-hydrogen) atoms. The summed E-state index contributed by atoms with van der Waals surface area (Å²) in [5, 5.41) is 9.99. The molecule has 0 fully saturated rings. The highest BCUT2D eigenvalue weighted by Gasteiger charge is 2.39. The van der Waals surface area contributed by atoms with Gasteiger partial charge < -0.3 is 0 Å². The number of nitriles is 1. The molecule has 3 heterocycles. The number of aryl methyl sites for hydroxylation is 1. The van der Waals surface area contributed by atoms with Gasteiger partial charge in [-0.15, -0.1) is 0 Å². The summed E-state index contributed by atoms with van der Waals surface area (Å²) in [4.78, 5) is 7.25. The van der Waals surface area contributed by atoms with Crippen molar-refractivity contribution in [3.05, 3.63) is 71.3 Å². The molecule has 0 aliphatic heterocycles. The Labute approximate surface area is 216 Å². The van der Waals surface area contributed by atoms with E-state index < -0.39 is 44.7 Å². The van der Waals surface area contributed by atoms with Crippen molar-refractivity contribution >= 4 is 20.9 Å². The fraction of sp³-hybridized carbons (Fsp3) is 0.208. The smallest absolute Gasteiger partial charge is 0.291 e. The normalized spacial score (nSPS) is 13.4. The molecule has 7 nitrogen and oxygen atoms in total. The summed E-state index contributed by atoms with van der Waals surface area (Å²) < 4.78 is 120. The first-order valence-corrected chi connectivity index (χ1v) is 12.4. The topological polar surface area (TPSA) is 101 Å². The van der Waals surface area contributed by atoms with Crippen molar-refractivity contribution in [3.63, 3.8) is 0 Å². The number of halogens is 7. The molecule has 15 heteroatoms. The van der Waals surface area contributed by atoms with Crippen molar-refractivity contribution in [2.24, 2.45) is 0 Å². The Hall–Kier alpha value is -4.03. The lowest BCUT2D eigenvalue weighted by Crippen LogP contribution is -2.42. The summed E-state index contributed by atoms with van der Waals surface area (Å²) in [5.74, 6) is -0.753. The second-order valence-corrected chi connectivity index (χ2v) is 10.2. The molecular weight excluding hydrogens is 555 g/mol. The minimum Gasteiger partial charge on any atom is -0.291 e. The Morgan fingerprint density at radius 1 is 1.03 bits per heavy atom. The minimum absolute atomic E-state index is 0.0506. The van der Waals surface area contributed by atoms with Crippen LogP contribution in [0.4, 0.5) is 30.7 Å². The molecule has 0 unspecified atom stereocenters. The molecule has 3 aromatic heterocycles. The molecule has 1 aromatic carbocycles. The third kappa shape index (κ3) is 5.30. The summed E-state index contributed by atoms with van der Waals surface area (Å²) in [5.41, 5.74) is -0.955. The third-order valence-electron chi connectivity index (χ3n) is 5.78. The first-order valence-electron chi connectivity index (χ1n) is 10.9. The van der Waals surface area contributed by atoms with Crippen LogP contribution in [0.2, 0.25) is 0 Å². The molecule has 0 amide bonds. The quantitative estimate of drug-likeness (QED) is 0.312. The van der Waals surface area contributed by atoms with Gasteiger partial charge in [0, 0.05) is 17.8 Å². The van der Waals surface area contributed by atoms with E-state index in [1.807, 2.05) is 6.07 Å². The van der Waals surface area contributed by atoms with E-state index in [1.165, 1.54) is 22.3 Å². The Balaban J connectivity index is 1.91. The molecule has 1 atom stereocenters. The number of aromatic nitrogens is 3. The standard InChI is InChI=1S/C24H16F7N5O2S/c1-12-7-20-16(8-18(12)25)17(9-32)22(36(20)21-6-3-14(10-34-21)24(29,30)31)19-5-4-15(11-33-19)39(37,38)35-13(2)23(26,27)28/h3-8,10-11,13,35H,1-2H3/t13-/m0/s1. The van der Waals surface area contributed by atoms with E-state index in [4.69, 9.17) is 0 Å². The van der Waals surface area contributed by atoms with Crippen molar-refractivity contribution < 1.29 is 39.2 Å². The third-order valence-corrected chi connectivity index (χ3v) is 7.30. The van der Waals surface area contributed by atoms with Gasteiger partial charge in [-0.1, -0.05) is 0 Å². The number of benzene rings is 1. The van der Waals surface area contributed by atoms with Crippen LogP contribution in [-0.2, 0) is 16.2 Å². The van der Waals surface area contributed by atoms with E-state index in [0.717, 1.165) is 36.5 Å². The zero-order valence-corrected chi connectivity index (χ0v) is 20.7. The summed E-state index contributed by atoms with van der Waals surface area (Å²) >= 11 is 0. The first-order chi connectivity index (χ1) is 18.0. The number of fused-ring (bicyclic) bond motifs is 1. The van der Waals surface area contributed by atoms with Crippen molar-refractivity contribution in [3.8, 4) is 23.3 Å². The van der Waals surface area contributed by atoms with Gasteiger partial charge in [0.05, 0.1) is 28.0 Å². The number of sulfonamides is 1. The number of pyridine rings is 2. The van der Waals surface area contributed by atoms with Crippen LogP contribution < -0.4 is 4.72 Å². The van der Waals surface area contributed by atoms with Crippen LogP contribution in [0.5, 0.6) is 0 Å².